The van der Waals surface area contributed by atoms with Crippen molar-refractivity contribution in [2.75, 3.05) is 31.6 Å². The zero-order valence-corrected chi connectivity index (χ0v) is 15.6. The Hall–Kier alpha value is -0.420. The van der Waals surface area contributed by atoms with Gasteiger partial charge in [0.25, 0.3) is 0 Å². The Kier molecular flexibility index (Phi) is 9.25. The van der Waals surface area contributed by atoms with Gasteiger partial charge in [-0.1, -0.05) is 12.8 Å². The van der Waals surface area contributed by atoms with E-state index in [4.69, 9.17) is 4.74 Å². The summed E-state index contributed by atoms with van der Waals surface area (Å²) in [4.78, 5) is 13.8. The highest BCUT2D eigenvalue weighted by Crippen LogP contribution is 2.15. The molecular weight excluding hydrogens is 296 g/mol. The molecule has 1 aliphatic rings. The van der Waals surface area contributed by atoms with Gasteiger partial charge in [-0.2, -0.15) is 11.8 Å². The highest BCUT2D eigenvalue weighted by atomic mass is 32.2. The molecule has 1 fully saturated rings. The van der Waals surface area contributed by atoms with E-state index in [0.717, 1.165) is 32.5 Å². The largest absolute Gasteiger partial charge is 0.444 e. The van der Waals surface area contributed by atoms with Crippen molar-refractivity contribution in [1.82, 2.24) is 10.2 Å². The fourth-order valence-electron chi connectivity index (χ4n) is 2.62. The van der Waals surface area contributed by atoms with Gasteiger partial charge in [0.05, 0.1) is 0 Å². The molecule has 0 atom stereocenters. The van der Waals surface area contributed by atoms with Gasteiger partial charge in [0.15, 0.2) is 0 Å². The second kappa shape index (κ2) is 10.4. The van der Waals surface area contributed by atoms with Crippen LogP contribution in [-0.2, 0) is 4.74 Å². The van der Waals surface area contributed by atoms with Crippen LogP contribution in [0.25, 0.3) is 0 Å². The SMILES string of the molecule is CSCCCCCCNC1CCN(C(=O)OC(C)(C)C)CC1. The molecule has 1 saturated heterocycles. The van der Waals surface area contributed by atoms with Crippen LogP contribution in [0.4, 0.5) is 4.79 Å². The zero-order valence-electron chi connectivity index (χ0n) is 14.8. The summed E-state index contributed by atoms with van der Waals surface area (Å²) in [6.45, 7) is 8.46. The van der Waals surface area contributed by atoms with Crippen LogP contribution in [-0.4, -0.2) is 54.3 Å². The van der Waals surface area contributed by atoms with Crippen LogP contribution in [0, 0.1) is 0 Å². The van der Waals surface area contributed by atoms with Crippen molar-refractivity contribution < 1.29 is 9.53 Å². The predicted octanol–water partition coefficient (Wildman–Crippen LogP) is 3.90. The number of likely N-dealkylation sites (tertiary alicyclic amines) is 1. The lowest BCUT2D eigenvalue weighted by Gasteiger charge is -2.33. The van der Waals surface area contributed by atoms with Crippen LogP contribution in [0.1, 0.15) is 59.3 Å². The first-order valence-electron chi connectivity index (χ1n) is 8.62. The monoisotopic (exact) mass is 330 g/mol. The molecule has 1 rings (SSSR count). The quantitative estimate of drug-likeness (QED) is 0.685. The van der Waals surface area contributed by atoms with Gasteiger partial charge in [0.2, 0.25) is 0 Å². The summed E-state index contributed by atoms with van der Waals surface area (Å²) in [6.07, 6.45) is 9.35. The lowest BCUT2D eigenvalue weighted by molar-refractivity contribution is 0.0198. The molecule has 0 aliphatic carbocycles. The number of piperidine rings is 1. The van der Waals surface area contributed by atoms with Crippen molar-refractivity contribution >= 4 is 17.9 Å². The van der Waals surface area contributed by atoms with Gasteiger partial charge in [0.1, 0.15) is 5.60 Å². The first-order valence-corrected chi connectivity index (χ1v) is 10.0. The molecule has 4 nitrogen and oxygen atoms in total. The van der Waals surface area contributed by atoms with Gasteiger partial charge >= 0.3 is 6.09 Å². The number of unbranched alkanes of at least 4 members (excludes halogenated alkanes) is 3. The van der Waals surface area contributed by atoms with E-state index in [1.54, 1.807) is 0 Å². The number of carbonyl (C=O) groups is 1. The molecule has 5 heteroatoms. The Labute approximate surface area is 140 Å². The number of nitrogens with one attached hydrogen (secondary N) is 1. The van der Waals surface area contributed by atoms with Crippen molar-refractivity contribution in [1.29, 1.82) is 0 Å². The number of rotatable bonds is 8. The molecule has 1 heterocycles. The maximum Gasteiger partial charge on any atom is 0.410 e. The third kappa shape index (κ3) is 8.89. The molecule has 0 radical (unpaired) electrons. The first kappa shape index (κ1) is 19.6. The highest BCUT2D eigenvalue weighted by molar-refractivity contribution is 7.98. The number of thioether (sulfide) groups is 1. The fourth-order valence-corrected chi connectivity index (χ4v) is 3.12. The Morgan fingerprint density at radius 1 is 1.18 bits per heavy atom. The van der Waals surface area contributed by atoms with Crippen LogP contribution in [0.2, 0.25) is 0 Å². The van der Waals surface area contributed by atoms with E-state index >= 15 is 0 Å². The number of hydrogen-bond acceptors (Lipinski definition) is 4. The second-order valence-electron chi connectivity index (χ2n) is 7.10. The lowest BCUT2D eigenvalue weighted by atomic mass is 10.1. The minimum Gasteiger partial charge on any atom is -0.444 e. The van der Waals surface area contributed by atoms with Crippen LogP contribution in [0.5, 0.6) is 0 Å². The van der Waals surface area contributed by atoms with Crippen LogP contribution < -0.4 is 5.32 Å². The molecule has 0 saturated carbocycles. The maximum absolute atomic E-state index is 12.0. The summed E-state index contributed by atoms with van der Waals surface area (Å²) in [5.74, 6) is 1.29. The number of hydrogen-bond donors (Lipinski definition) is 1. The summed E-state index contributed by atoms with van der Waals surface area (Å²) < 4.78 is 5.42. The van der Waals surface area contributed by atoms with Crippen molar-refractivity contribution in [2.45, 2.75) is 70.9 Å². The smallest absolute Gasteiger partial charge is 0.410 e. The molecule has 0 aromatic heterocycles. The summed E-state index contributed by atoms with van der Waals surface area (Å²) in [6, 6.07) is 0.560. The molecule has 0 aromatic rings. The van der Waals surface area contributed by atoms with E-state index in [1.165, 1.54) is 31.4 Å². The summed E-state index contributed by atoms with van der Waals surface area (Å²) in [5.41, 5.74) is -0.400. The number of carbonyl (C=O) groups excluding carboxylic acids is 1. The van der Waals surface area contributed by atoms with E-state index in [9.17, 15) is 4.79 Å². The fraction of sp³-hybridized carbons (Fsp3) is 0.941. The van der Waals surface area contributed by atoms with E-state index in [-0.39, 0.29) is 6.09 Å². The molecule has 0 bridgehead atoms. The Bertz CT molecular complexity index is 310. The van der Waals surface area contributed by atoms with Crippen molar-refractivity contribution in [3.63, 3.8) is 0 Å². The van der Waals surface area contributed by atoms with Crippen LogP contribution in [0.3, 0.4) is 0 Å². The predicted molar refractivity (Wildman–Crippen MR) is 95.7 cm³/mol. The average Bonchev–Trinajstić information content (AvgIpc) is 2.45. The number of amides is 1. The van der Waals surface area contributed by atoms with Gasteiger partial charge in [0, 0.05) is 19.1 Å². The van der Waals surface area contributed by atoms with Gasteiger partial charge in [-0.15, -0.1) is 0 Å². The standard InChI is InChI=1S/C17H34N2O2S/c1-17(2,3)21-16(20)19-12-9-15(10-13-19)18-11-7-5-6-8-14-22-4/h15,18H,5-14H2,1-4H3. The molecular formula is C17H34N2O2S. The van der Waals surface area contributed by atoms with Crippen LogP contribution >= 0.6 is 11.8 Å². The zero-order chi connectivity index (χ0) is 16.4. The van der Waals surface area contributed by atoms with E-state index < -0.39 is 5.60 Å². The lowest BCUT2D eigenvalue weighted by Crippen LogP contribution is -2.46. The molecule has 0 spiro atoms. The number of ether oxygens (including phenoxy) is 1. The molecule has 1 amide bonds. The van der Waals surface area contributed by atoms with Crippen molar-refractivity contribution in [2.24, 2.45) is 0 Å². The van der Waals surface area contributed by atoms with Gasteiger partial charge < -0.3 is 15.0 Å². The molecule has 0 aromatic carbocycles. The molecule has 1 aliphatic heterocycles. The topological polar surface area (TPSA) is 41.6 Å². The third-order valence-corrected chi connectivity index (χ3v) is 4.55. The average molecular weight is 331 g/mol. The molecule has 130 valence electrons. The second-order valence-corrected chi connectivity index (χ2v) is 8.09. The summed E-state index contributed by atoms with van der Waals surface area (Å²) in [5, 5.41) is 3.64. The minimum absolute atomic E-state index is 0.167. The molecule has 1 N–H and O–H groups in total. The Morgan fingerprint density at radius 3 is 2.41 bits per heavy atom. The first-order chi connectivity index (χ1) is 10.4. The van der Waals surface area contributed by atoms with Crippen molar-refractivity contribution in [3.8, 4) is 0 Å². The van der Waals surface area contributed by atoms with Gasteiger partial charge in [-0.3, -0.25) is 0 Å². The van der Waals surface area contributed by atoms with E-state index in [1.807, 2.05) is 37.4 Å². The maximum atomic E-state index is 12.0. The van der Waals surface area contributed by atoms with Gasteiger partial charge in [-0.25, -0.2) is 4.79 Å². The summed E-state index contributed by atoms with van der Waals surface area (Å²) >= 11 is 1.94. The van der Waals surface area contributed by atoms with Crippen molar-refractivity contribution in [3.05, 3.63) is 0 Å². The Balaban J connectivity index is 2.06. The van der Waals surface area contributed by atoms with E-state index in [2.05, 4.69) is 11.6 Å². The summed E-state index contributed by atoms with van der Waals surface area (Å²) in [7, 11) is 0. The third-order valence-electron chi connectivity index (χ3n) is 3.85. The van der Waals surface area contributed by atoms with E-state index in [0.29, 0.717) is 6.04 Å². The Morgan fingerprint density at radius 2 is 1.82 bits per heavy atom. The normalized spacial score (nSPS) is 16.8. The van der Waals surface area contributed by atoms with Gasteiger partial charge in [-0.05, 0) is 65.0 Å². The molecule has 0 unspecified atom stereocenters. The molecule has 22 heavy (non-hydrogen) atoms. The van der Waals surface area contributed by atoms with Crippen LogP contribution in [0.15, 0.2) is 0 Å². The highest BCUT2D eigenvalue weighted by Gasteiger charge is 2.26. The minimum atomic E-state index is -0.400. The number of nitrogens with zero attached hydrogens (tertiary/aromatic N) is 1.